The van der Waals surface area contributed by atoms with Gasteiger partial charge < -0.3 is 4.74 Å². The highest BCUT2D eigenvalue weighted by atomic mass is 16.5. The largest absolute Gasteiger partial charge is 0.477 e. The summed E-state index contributed by atoms with van der Waals surface area (Å²) in [5, 5.41) is 0. The molecule has 1 atom stereocenters. The van der Waals surface area contributed by atoms with Gasteiger partial charge in [-0.05, 0) is 24.1 Å². The van der Waals surface area contributed by atoms with E-state index < -0.39 is 5.60 Å². The quantitative estimate of drug-likeness (QED) is 0.605. The van der Waals surface area contributed by atoms with Crippen molar-refractivity contribution in [1.29, 1.82) is 0 Å². The maximum atomic E-state index is 6.43. The van der Waals surface area contributed by atoms with Gasteiger partial charge in [-0.3, -0.25) is 0 Å². The fraction of sp³-hybridized carbons (Fsp3) is 0.100. The first-order chi connectivity index (χ1) is 10.3. The molecule has 0 N–H and O–H groups in total. The van der Waals surface area contributed by atoms with Crippen molar-refractivity contribution in [2.24, 2.45) is 0 Å². The second-order valence-electron chi connectivity index (χ2n) is 5.54. The summed E-state index contributed by atoms with van der Waals surface area (Å²) in [6, 6.07) is 27.2. The Balaban J connectivity index is 2.01. The summed E-state index contributed by atoms with van der Waals surface area (Å²) in [4.78, 5) is 0. The number of hydrogen-bond donors (Lipinski definition) is 0. The van der Waals surface area contributed by atoms with Crippen molar-refractivity contribution in [2.75, 3.05) is 0 Å². The van der Waals surface area contributed by atoms with E-state index >= 15 is 0 Å². The molecule has 3 aromatic carbocycles. The van der Waals surface area contributed by atoms with Crippen LogP contribution in [-0.2, 0) is 5.60 Å². The molecule has 0 fully saturated rings. The lowest BCUT2D eigenvalue weighted by molar-refractivity contribution is 0.129. The van der Waals surface area contributed by atoms with Crippen molar-refractivity contribution < 1.29 is 4.74 Å². The maximum Gasteiger partial charge on any atom is 0.157 e. The molecule has 0 amide bonds. The van der Waals surface area contributed by atoms with Crippen molar-refractivity contribution in [3.05, 3.63) is 90.0 Å². The molecule has 0 aliphatic carbocycles. The summed E-state index contributed by atoms with van der Waals surface area (Å²) >= 11 is 0. The molecule has 0 bridgehead atoms. The van der Waals surface area contributed by atoms with Crippen LogP contribution in [0, 0.1) is 0 Å². The Morgan fingerprint density at radius 1 is 0.667 bits per heavy atom. The molecule has 0 unspecified atom stereocenters. The van der Waals surface area contributed by atoms with Crippen molar-refractivity contribution in [2.45, 2.75) is 12.5 Å². The summed E-state index contributed by atoms with van der Waals surface area (Å²) in [5.41, 5.74) is 4.36. The molecular weight excluding hydrogens is 256 g/mol. The number of rotatable bonds is 1. The molecule has 1 aliphatic rings. The standard InChI is InChI=1S/C20H16O/c1-20(15-9-3-2-4-10-15)18-13-7-5-11-16(18)17-12-6-8-14-19(17)21-20/h2-14H,1H3/t20-/m1/s1. The van der Waals surface area contributed by atoms with Gasteiger partial charge in [-0.1, -0.05) is 72.8 Å². The van der Waals surface area contributed by atoms with Crippen molar-refractivity contribution in [3.63, 3.8) is 0 Å². The smallest absolute Gasteiger partial charge is 0.157 e. The Kier molecular flexibility index (Phi) is 2.61. The first-order valence-corrected chi connectivity index (χ1v) is 7.22. The minimum Gasteiger partial charge on any atom is -0.477 e. The van der Waals surface area contributed by atoms with Crippen molar-refractivity contribution in [1.82, 2.24) is 0 Å². The topological polar surface area (TPSA) is 9.23 Å². The van der Waals surface area contributed by atoms with Gasteiger partial charge in [0.05, 0.1) is 0 Å². The molecule has 21 heavy (non-hydrogen) atoms. The van der Waals surface area contributed by atoms with E-state index in [2.05, 4.69) is 67.6 Å². The van der Waals surface area contributed by atoms with Crippen LogP contribution in [0.4, 0.5) is 0 Å². The molecule has 0 saturated carbocycles. The van der Waals surface area contributed by atoms with Gasteiger partial charge in [-0.2, -0.15) is 0 Å². The van der Waals surface area contributed by atoms with E-state index in [1.54, 1.807) is 0 Å². The zero-order chi connectivity index (χ0) is 14.3. The van der Waals surface area contributed by atoms with Crippen LogP contribution in [0.15, 0.2) is 78.9 Å². The highest BCUT2D eigenvalue weighted by Gasteiger charge is 2.37. The molecule has 4 rings (SSSR count). The van der Waals surface area contributed by atoms with Crippen LogP contribution in [0.2, 0.25) is 0 Å². The summed E-state index contributed by atoms with van der Waals surface area (Å²) in [7, 11) is 0. The zero-order valence-electron chi connectivity index (χ0n) is 11.9. The van der Waals surface area contributed by atoms with Crippen LogP contribution >= 0.6 is 0 Å². The average Bonchev–Trinajstić information content (AvgIpc) is 2.56. The lowest BCUT2D eigenvalue weighted by atomic mass is 9.81. The average molecular weight is 272 g/mol. The van der Waals surface area contributed by atoms with Crippen LogP contribution < -0.4 is 4.74 Å². The summed E-state index contributed by atoms with van der Waals surface area (Å²) in [6.45, 7) is 2.15. The molecule has 1 nitrogen and oxygen atoms in total. The predicted molar refractivity (Wildman–Crippen MR) is 85.4 cm³/mol. The molecule has 1 heterocycles. The zero-order valence-corrected chi connectivity index (χ0v) is 11.9. The van der Waals surface area contributed by atoms with E-state index in [1.165, 1.54) is 22.3 Å². The maximum absolute atomic E-state index is 6.43. The van der Waals surface area contributed by atoms with Crippen molar-refractivity contribution in [3.8, 4) is 16.9 Å². The molecule has 3 aromatic rings. The fourth-order valence-electron chi connectivity index (χ4n) is 3.16. The van der Waals surface area contributed by atoms with E-state index in [1.807, 2.05) is 18.2 Å². The molecule has 0 spiro atoms. The van der Waals surface area contributed by atoms with Crippen LogP contribution in [0.5, 0.6) is 5.75 Å². The number of benzene rings is 3. The van der Waals surface area contributed by atoms with Gasteiger partial charge in [-0.15, -0.1) is 0 Å². The molecule has 0 saturated heterocycles. The molecule has 102 valence electrons. The Morgan fingerprint density at radius 3 is 2.10 bits per heavy atom. The van der Waals surface area contributed by atoms with Crippen molar-refractivity contribution >= 4 is 0 Å². The van der Waals surface area contributed by atoms with Gasteiger partial charge in [0.15, 0.2) is 5.60 Å². The summed E-state index contributed by atoms with van der Waals surface area (Å²) in [6.07, 6.45) is 0. The van der Waals surface area contributed by atoms with Gasteiger partial charge in [0.25, 0.3) is 0 Å². The first kappa shape index (κ1) is 12.2. The van der Waals surface area contributed by atoms with Gasteiger partial charge in [-0.25, -0.2) is 0 Å². The van der Waals surface area contributed by atoms with E-state index in [4.69, 9.17) is 4.74 Å². The van der Waals surface area contributed by atoms with Gasteiger partial charge >= 0.3 is 0 Å². The number of para-hydroxylation sites is 1. The highest BCUT2D eigenvalue weighted by molar-refractivity contribution is 5.77. The monoisotopic (exact) mass is 272 g/mol. The predicted octanol–water partition coefficient (Wildman–Crippen LogP) is 5.01. The van der Waals surface area contributed by atoms with E-state index in [0.29, 0.717) is 0 Å². The molecule has 0 aromatic heterocycles. The second-order valence-corrected chi connectivity index (χ2v) is 5.54. The van der Waals surface area contributed by atoms with E-state index in [9.17, 15) is 0 Å². The lowest BCUT2D eigenvalue weighted by Gasteiger charge is -2.38. The fourth-order valence-corrected chi connectivity index (χ4v) is 3.16. The lowest BCUT2D eigenvalue weighted by Crippen LogP contribution is -2.34. The van der Waals surface area contributed by atoms with Crippen LogP contribution in [-0.4, -0.2) is 0 Å². The minimum absolute atomic E-state index is 0.452. The summed E-state index contributed by atoms with van der Waals surface area (Å²) in [5.74, 6) is 0.947. The van der Waals surface area contributed by atoms with Gasteiger partial charge in [0.2, 0.25) is 0 Å². The third kappa shape index (κ3) is 1.78. The van der Waals surface area contributed by atoms with Crippen LogP contribution in [0.3, 0.4) is 0 Å². The van der Waals surface area contributed by atoms with E-state index in [-0.39, 0.29) is 0 Å². The molecule has 1 aliphatic heterocycles. The van der Waals surface area contributed by atoms with Gasteiger partial charge in [0.1, 0.15) is 5.75 Å². The number of hydrogen-bond acceptors (Lipinski definition) is 1. The third-order valence-electron chi connectivity index (χ3n) is 4.26. The normalized spacial score (nSPS) is 19.3. The molecular formula is C20H16O. The Labute approximate surface area is 124 Å². The van der Waals surface area contributed by atoms with Crippen LogP contribution in [0.1, 0.15) is 18.1 Å². The number of ether oxygens (including phenoxy) is 1. The Morgan fingerprint density at radius 2 is 1.29 bits per heavy atom. The van der Waals surface area contributed by atoms with Gasteiger partial charge in [0, 0.05) is 11.1 Å². The highest BCUT2D eigenvalue weighted by Crippen LogP contribution is 2.47. The summed E-state index contributed by atoms with van der Waals surface area (Å²) < 4.78 is 6.43. The Bertz CT molecular complexity index is 792. The minimum atomic E-state index is -0.452. The Hall–Kier alpha value is -2.54. The van der Waals surface area contributed by atoms with Crippen LogP contribution in [0.25, 0.3) is 11.1 Å². The number of fused-ring (bicyclic) bond motifs is 3. The SMILES string of the molecule is C[C@]1(c2ccccc2)Oc2ccccc2-c2ccccc21. The molecule has 0 radical (unpaired) electrons. The molecule has 1 heteroatoms. The third-order valence-corrected chi connectivity index (χ3v) is 4.26. The first-order valence-electron chi connectivity index (χ1n) is 7.22. The van der Waals surface area contributed by atoms with E-state index in [0.717, 1.165) is 5.75 Å². The second kappa shape index (κ2) is 4.49.